The van der Waals surface area contributed by atoms with Crippen molar-refractivity contribution in [2.45, 2.75) is 69.6 Å². The molecule has 3 atom stereocenters. The largest absolute Gasteiger partial charge is 0.508 e. The van der Waals surface area contributed by atoms with Crippen LogP contribution in [-0.4, -0.2) is 47.0 Å². The number of ether oxygens (including phenoxy) is 1. The number of phenolic OH excluding ortho intramolecular Hbond substituents is 1. The molecule has 2 aromatic rings. The molecule has 1 saturated carbocycles. The van der Waals surface area contributed by atoms with Crippen LogP contribution in [0.3, 0.4) is 0 Å². The first kappa shape index (κ1) is 24.0. The Kier molecular flexibility index (Phi) is 6.49. The third-order valence-corrected chi connectivity index (χ3v) is 6.86. The Morgan fingerprint density at radius 1 is 1.12 bits per heavy atom. The summed E-state index contributed by atoms with van der Waals surface area (Å²) >= 11 is 0. The summed E-state index contributed by atoms with van der Waals surface area (Å²) in [7, 11) is 0. The highest BCUT2D eigenvalue weighted by Gasteiger charge is 2.55. The van der Waals surface area contributed by atoms with E-state index in [1.54, 1.807) is 24.3 Å². The van der Waals surface area contributed by atoms with Gasteiger partial charge in [-0.3, -0.25) is 14.4 Å². The maximum absolute atomic E-state index is 13.4. The molecule has 1 aliphatic heterocycles. The standard InChI is InChI=1S/C27H32N2O5/c1-26(2,3)19-10-8-18(9-11-19)24(32)28-21(15-17-6-12-20(30)13-7-17)25(33)29-27-14-4-5-23(27)34-16-22(27)31/h6-13,21,23,30H,4-5,14-16H2,1-3H3,(H,28,32)(H,29,33). The SMILES string of the molecule is CC(C)(C)c1ccc(C(=O)NC(Cc2ccc(O)cc2)C(=O)NC23CCCC2OCC3=O)cc1. The highest BCUT2D eigenvalue weighted by atomic mass is 16.5. The third kappa shape index (κ3) is 4.85. The molecule has 2 amide bonds. The second kappa shape index (κ2) is 9.22. The fraction of sp³-hybridized carbons (Fsp3) is 0.444. The van der Waals surface area contributed by atoms with Gasteiger partial charge in [-0.2, -0.15) is 0 Å². The summed E-state index contributed by atoms with van der Waals surface area (Å²) in [6.07, 6.45) is 1.95. The van der Waals surface area contributed by atoms with E-state index < -0.39 is 17.5 Å². The number of hydrogen-bond donors (Lipinski definition) is 3. The van der Waals surface area contributed by atoms with Crippen LogP contribution in [0.5, 0.6) is 5.75 Å². The first-order valence-corrected chi connectivity index (χ1v) is 11.7. The maximum Gasteiger partial charge on any atom is 0.251 e. The number of benzene rings is 2. The second-order valence-electron chi connectivity index (χ2n) is 10.3. The molecule has 1 heterocycles. The summed E-state index contributed by atoms with van der Waals surface area (Å²) in [6.45, 7) is 6.30. The molecule has 3 unspecified atom stereocenters. The predicted octanol–water partition coefficient (Wildman–Crippen LogP) is 3.04. The molecule has 2 aliphatic rings. The average molecular weight is 465 g/mol. The number of rotatable bonds is 6. The Bertz CT molecular complexity index is 1070. The molecule has 3 N–H and O–H groups in total. The minimum Gasteiger partial charge on any atom is -0.508 e. The van der Waals surface area contributed by atoms with Crippen molar-refractivity contribution in [1.82, 2.24) is 10.6 Å². The molecular weight excluding hydrogens is 432 g/mol. The summed E-state index contributed by atoms with van der Waals surface area (Å²) < 4.78 is 5.61. The molecule has 4 rings (SSSR count). The molecular formula is C27H32N2O5. The minimum atomic E-state index is -1.01. The van der Waals surface area contributed by atoms with Crippen LogP contribution in [0.25, 0.3) is 0 Å². The van der Waals surface area contributed by atoms with E-state index in [0.717, 1.165) is 24.0 Å². The van der Waals surface area contributed by atoms with Crippen LogP contribution in [0.15, 0.2) is 48.5 Å². The zero-order chi connectivity index (χ0) is 24.5. The monoisotopic (exact) mass is 464 g/mol. The van der Waals surface area contributed by atoms with Gasteiger partial charge in [-0.25, -0.2) is 0 Å². The zero-order valence-electron chi connectivity index (χ0n) is 19.9. The number of amides is 2. The molecule has 2 fully saturated rings. The average Bonchev–Trinajstić information content (AvgIpc) is 3.33. The van der Waals surface area contributed by atoms with Crippen LogP contribution in [-0.2, 0) is 26.2 Å². The topological polar surface area (TPSA) is 105 Å². The van der Waals surface area contributed by atoms with Crippen molar-refractivity contribution >= 4 is 17.6 Å². The molecule has 0 spiro atoms. The minimum absolute atomic E-state index is 0.0000596. The Labute approximate surface area is 199 Å². The Morgan fingerprint density at radius 2 is 1.79 bits per heavy atom. The second-order valence-corrected chi connectivity index (χ2v) is 10.3. The van der Waals surface area contributed by atoms with Crippen LogP contribution >= 0.6 is 0 Å². The van der Waals surface area contributed by atoms with Gasteiger partial charge < -0.3 is 20.5 Å². The first-order chi connectivity index (χ1) is 16.1. The van der Waals surface area contributed by atoms with Crippen LogP contribution in [0, 0.1) is 0 Å². The summed E-state index contributed by atoms with van der Waals surface area (Å²) in [6, 6.07) is 12.9. The summed E-state index contributed by atoms with van der Waals surface area (Å²) in [5.41, 5.74) is 1.28. The van der Waals surface area contributed by atoms with Gasteiger partial charge in [0.1, 0.15) is 23.9 Å². The number of ketones is 1. The van der Waals surface area contributed by atoms with E-state index in [1.807, 2.05) is 12.1 Å². The van der Waals surface area contributed by atoms with Crippen molar-refractivity contribution in [3.63, 3.8) is 0 Å². The van der Waals surface area contributed by atoms with Gasteiger partial charge in [-0.05, 0) is 60.1 Å². The molecule has 2 aromatic carbocycles. The van der Waals surface area contributed by atoms with Crippen LogP contribution in [0.1, 0.15) is 61.5 Å². The fourth-order valence-corrected chi connectivity index (χ4v) is 4.78. The van der Waals surface area contributed by atoms with Gasteiger partial charge in [0.2, 0.25) is 5.91 Å². The molecule has 0 radical (unpaired) electrons. The van der Waals surface area contributed by atoms with Gasteiger partial charge in [0.25, 0.3) is 5.91 Å². The first-order valence-electron chi connectivity index (χ1n) is 11.7. The van der Waals surface area contributed by atoms with Gasteiger partial charge in [0.05, 0.1) is 6.10 Å². The third-order valence-electron chi connectivity index (χ3n) is 6.86. The molecule has 0 aromatic heterocycles. The van der Waals surface area contributed by atoms with E-state index in [9.17, 15) is 19.5 Å². The zero-order valence-corrected chi connectivity index (χ0v) is 19.9. The lowest BCUT2D eigenvalue weighted by molar-refractivity contribution is -0.131. The lowest BCUT2D eigenvalue weighted by atomic mass is 9.86. The van der Waals surface area contributed by atoms with Gasteiger partial charge in [-0.1, -0.05) is 45.0 Å². The number of carbonyl (C=O) groups excluding carboxylic acids is 3. The van der Waals surface area contributed by atoms with Crippen molar-refractivity contribution in [3.05, 3.63) is 65.2 Å². The van der Waals surface area contributed by atoms with Gasteiger partial charge in [-0.15, -0.1) is 0 Å². The van der Waals surface area contributed by atoms with Crippen molar-refractivity contribution in [3.8, 4) is 5.75 Å². The number of aromatic hydroxyl groups is 1. The molecule has 180 valence electrons. The quantitative estimate of drug-likeness (QED) is 0.610. The van der Waals surface area contributed by atoms with E-state index in [4.69, 9.17) is 4.74 Å². The molecule has 0 bridgehead atoms. The van der Waals surface area contributed by atoms with Gasteiger partial charge >= 0.3 is 0 Å². The highest BCUT2D eigenvalue weighted by Crippen LogP contribution is 2.38. The van der Waals surface area contributed by atoms with Crippen LogP contribution < -0.4 is 10.6 Å². The lowest BCUT2D eigenvalue weighted by Crippen LogP contribution is -2.60. The summed E-state index contributed by atoms with van der Waals surface area (Å²) in [5.74, 6) is -0.780. The number of Topliss-reactive ketones (excluding diaryl/α,β-unsaturated/α-hetero) is 1. The van der Waals surface area contributed by atoms with Crippen LogP contribution in [0.4, 0.5) is 0 Å². The van der Waals surface area contributed by atoms with E-state index in [0.29, 0.717) is 12.0 Å². The summed E-state index contributed by atoms with van der Waals surface area (Å²) in [5, 5.41) is 15.4. The maximum atomic E-state index is 13.4. The van der Waals surface area contributed by atoms with E-state index in [1.165, 1.54) is 12.1 Å². The van der Waals surface area contributed by atoms with E-state index in [2.05, 4.69) is 31.4 Å². The van der Waals surface area contributed by atoms with Crippen molar-refractivity contribution < 1.29 is 24.2 Å². The highest BCUT2D eigenvalue weighted by molar-refractivity contribution is 6.00. The molecule has 34 heavy (non-hydrogen) atoms. The van der Waals surface area contributed by atoms with Gasteiger partial charge in [0.15, 0.2) is 5.78 Å². The normalized spacial score (nSPS) is 22.8. The van der Waals surface area contributed by atoms with Gasteiger partial charge in [0, 0.05) is 12.0 Å². The predicted molar refractivity (Wildman–Crippen MR) is 128 cm³/mol. The summed E-state index contributed by atoms with van der Waals surface area (Å²) in [4.78, 5) is 39.1. The van der Waals surface area contributed by atoms with E-state index in [-0.39, 0.29) is 42.0 Å². The Morgan fingerprint density at radius 3 is 2.44 bits per heavy atom. The Hall–Kier alpha value is -3.19. The molecule has 7 nitrogen and oxygen atoms in total. The Balaban J connectivity index is 1.55. The number of hydrogen-bond acceptors (Lipinski definition) is 5. The molecule has 7 heteroatoms. The number of nitrogens with one attached hydrogen (secondary N) is 2. The molecule has 1 saturated heterocycles. The fourth-order valence-electron chi connectivity index (χ4n) is 4.78. The van der Waals surface area contributed by atoms with Crippen molar-refractivity contribution in [2.75, 3.05) is 6.61 Å². The number of carbonyl (C=O) groups is 3. The van der Waals surface area contributed by atoms with Crippen LogP contribution in [0.2, 0.25) is 0 Å². The number of fused-ring (bicyclic) bond motifs is 1. The van der Waals surface area contributed by atoms with Crippen molar-refractivity contribution in [1.29, 1.82) is 0 Å². The lowest BCUT2D eigenvalue weighted by Gasteiger charge is -2.30. The smallest absolute Gasteiger partial charge is 0.251 e. The van der Waals surface area contributed by atoms with Crippen molar-refractivity contribution in [2.24, 2.45) is 0 Å². The number of phenols is 1. The van der Waals surface area contributed by atoms with E-state index >= 15 is 0 Å². The molecule has 1 aliphatic carbocycles.